The van der Waals surface area contributed by atoms with E-state index in [1.807, 2.05) is 13.8 Å². The second-order valence-electron chi connectivity index (χ2n) is 4.31. The Balaban J connectivity index is 2.65. The molecular formula is C12H21N3O3. The number of nitrogens with zero attached hydrogens (tertiary/aromatic N) is 2. The molecule has 0 aliphatic heterocycles. The van der Waals surface area contributed by atoms with Gasteiger partial charge in [0.15, 0.2) is 0 Å². The SMILES string of the molecule is COc1ncnc(OC)c1CNCC(O)C(C)C. The first kappa shape index (κ1) is 14.7. The minimum absolute atomic E-state index is 0.216. The molecule has 102 valence electrons. The van der Waals surface area contributed by atoms with E-state index in [2.05, 4.69) is 15.3 Å². The molecule has 1 rings (SSSR count). The average Bonchev–Trinajstić information content (AvgIpc) is 2.38. The number of nitrogens with one attached hydrogen (secondary N) is 1. The number of rotatable bonds is 7. The number of aromatic nitrogens is 2. The summed E-state index contributed by atoms with van der Waals surface area (Å²) < 4.78 is 10.3. The smallest absolute Gasteiger partial charge is 0.224 e. The highest BCUT2D eigenvalue weighted by atomic mass is 16.5. The second kappa shape index (κ2) is 7.13. The van der Waals surface area contributed by atoms with Gasteiger partial charge in [0.25, 0.3) is 0 Å². The molecule has 0 spiro atoms. The number of aliphatic hydroxyl groups is 1. The van der Waals surface area contributed by atoms with Crippen LogP contribution in [0.1, 0.15) is 19.4 Å². The van der Waals surface area contributed by atoms with Gasteiger partial charge in [-0.25, -0.2) is 9.97 Å². The van der Waals surface area contributed by atoms with Crippen LogP contribution in [-0.4, -0.2) is 41.9 Å². The van der Waals surface area contributed by atoms with Gasteiger partial charge in [-0.2, -0.15) is 0 Å². The Morgan fingerprint density at radius 1 is 1.22 bits per heavy atom. The summed E-state index contributed by atoms with van der Waals surface area (Å²) in [4.78, 5) is 8.05. The molecule has 6 nitrogen and oxygen atoms in total. The first-order valence-electron chi connectivity index (χ1n) is 5.90. The Morgan fingerprint density at radius 3 is 2.22 bits per heavy atom. The molecular weight excluding hydrogens is 234 g/mol. The molecule has 1 heterocycles. The predicted octanol–water partition coefficient (Wildman–Crippen LogP) is 0.600. The topological polar surface area (TPSA) is 76.5 Å². The van der Waals surface area contributed by atoms with Gasteiger partial charge in [0.2, 0.25) is 11.8 Å². The van der Waals surface area contributed by atoms with Crippen LogP contribution in [0.3, 0.4) is 0 Å². The van der Waals surface area contributed by atoms with E-state index in [-0.39, 0.29) is 12.0 Å². The van der Waals surface area contributed by atoms with Crippen molar-refractivity contribution in [2.45, 2.75) is 26.5 Å². The van der Waals surface area contributed by atoms with Crippen molar-refractivity contribution in [3.05, 3.63) is 11.9 Å². The minimum Gasteiger partial charge on any atom is -0.481 e. The highest BCUT2D eigenvalue weighted by molar-refractivity contribution is 5.34. The third kappa shape index (κ3) is 3.82. The molecule has 2 N–H and O–H groups in total. The highest BCUT2D eigenvalue weighted by Crippen LogP contribution is 2.22. The summed E-state index contributed by atoms with van der Waals surface area (Å²) in [6.07, 6.45) is 1.01. The zero-order valence-corrected chi connectivity index (χ0v) is 11.3. The quantitative estimate of drug-likeness (QED) is 0.743. The van der Waals surface area contributed by atoms with Crippen molar-refractivity contribution < 1.29 is 14.6 Å². The first-order valence-corrected chi connectivity index (χ1v) is 5.90. The first-order chi connectivity index (χ1) is 8.60. The molecule has 1 unspecified atom stereocenters. The molecule has 0 aliphatic rings. The van der Waals surface area contributed by atoms with Gasteiger partial charge in [-0.3, -0.25) is 0 Å². The second-order valence-corrected chi connectivity index (χ2v) is 4.31. The van der Waals surface area contributed by atoms with E-state index in [9.17, 15) is 5.11 Å². The van der Waals surface area contributed by atoms with E-state index in [0.29, 0.717) is 24.8 Å². The molecule has 1 atom stereocenters. The van der Waals surface area contributed by atoms with Gasteiger partial charge in [0.05, 0.1) is 25.9 Å². The molecule has 0 bridgehead atoms. The van der Waals surface area contributed by atoms with Crippen molar-refractivity contribution in [1.82, 2.24) is 15.3 Å². The molecule has 0 saturated heterocycles. The summed E-state index contributed by atoms with van der Waals surface area (Å²) >= 11 is 0. The number of hydrogen-bond acceptors (Lipinski definition) is 6. The van der Waals surface area contributed by atoms with Gasteiger partial charge in [-0.15, -0.1) is 0 Å². The molecule has 0 amide bonds. The summed E-state index contributed by atoms with van der Waals surface area (Å²) in [5.41, 5.74) is 0.749. The molecule has 0 radical (unpaired) electrons. The van der Waals surface area contributed by atoms with E-state index in [1.165, 1.54) is 6.33 Å². The predicted molar refractivity (Wildman–Crippen MR) is 67.7 cm³/mol. The Bertz CT molecular complexity index is 349. The molecule has 0 aromatic carbocycles. The van der Waals surface area contributed by atoms with Crippen LogP contribution in [0.15, 0.2) is 6.33 Å². The van der Waals surface area contributed by atoms with Crippen molar-refractivity contribution in [2.24, 2.45) is 5.92 Å². The molecule has 1 aromatic heterocycles. The fourth-order valence-corrected chi connectivity index (χ4v) is 1.46. The summed E-state index contributed by atoms with van der Waals surface area (Å²) in [5.74, 6) is 1.18. The number of hydrogen-bond donors (Lipinski definition) is 2. The normalized spacial score (nSPS) is 12.6. The van der Waals surface area contributed by atoms with Crippen molar-refractivity contribution in [1.29, 1.82) is 0 Å². The van der Waals surface area contributed by atoms with Crippen molar-refractivity contribution in [2.75, 3.05) is 20.8 Å². The molecule has 6 heteroatoms. The van der Waals surface area contributed by atoms with E-state index >= 15 is 0 Å². The molecule has 18 heavy (non-hydrogen) atoms. The van der Waals surface area contributed by atoms with Crippen LogP contribution in [-0.2, 0) is 6.54 Å². The van der Waals surface area contributed by atoms with Crippen LogP contribution in [0, 0.1) is 5.92 Å². The highest BCUT2D eigenvalue weighted by Gasteiger charge is 2.14. The van der Waals surface area contributed by atoms with E-state index in [1.54, 1.807) is 14.2 Å². The fraction of sp³-hybridized carbons (Fsp3) is 0.667. The lowest BCUT2D eigenvalue weighted by molar-refractivity contribution is 0.123. The van der Waals surface area contributed by atoms with E-state index in [4.69, 9.17) is 9.47 Å². The van der Waals surface area contributed by atoms with Gasteiger partial charge in [0.1, 0.15) is 6.33 Å². The third-order valence-electron chi connectivity index (χ3n) is 2.68. The number of aliphatic hydroxyl groups excluding tert-OH is 1. The van der Waals surface area contributed by atoms with Gasteiger partial charge in [-0.05, 0) is 5.92 Å². The lowest BCUT2D eigenvalue weighted by Crippen LogP contribution is -2.30. The van der Waals surface area contributed by atoms with Crippen LogP contribution < -0.4 is 14.8 Å². The summed E-state index contributed by atoms with van der Waals surface area (Å²) in [6.45, 7) is 4.92. The maximum Gasteiger partial charge on any atom is 0.224 e. The van der Waals surface area contributed by atoms with Crippen molar-refractivity contribution >= 4 is 0 Å². The molecule has 0 saturated carbocycles. The Hall–Kier alpha value is -1.40. The lowest BCUT2D eigenvalue weighted by Gasteiger charge is -2.16. The molecule has 0 fully saturated rings. The molecule has 1 aromatic rings. The monoisotopic (exact) mass is 255 g/mol. The number of methoxy groups -OCH3 is 2. The van der Waals surface area contributed by atoms with Crippen molar-refractivity contribution in [3.63, 3.8) is 0 Å². The zero-order valence-electron chi connectivity index (χ0n) is 11.3. The van der Waals surface area contributed by atoms with Crippen LogP contribution in [0.5, 0.6) is 11.8 Å². The maximum atomic E-state index is 9.70. The van der Waals surface area contributed by atoms with Crippen LogP contribution in [0.2, 0.25) is 0 Å². The average molecular weight is 255 g/mol. The van der Waals surface area contributed by atoms with Gasteiger partial charge < -0.3 is 19.9 Å². The lowest BCUT2D eigenvalue weighted by atomic mass is 10.1. The Morgan fingerprint density at radius 2 is 1.78 bits per heavy atom. The van der Waals surface area contributed by atoms with E-state index in [0.717, 1.165) is 5.56 Å². The minimum atomic E-state index is -0.383. The molecule has 0 aliphatic carbocycles. The standard InChI is InChI=1S/C12H21N3O3/c1-8(2)10(16)6-13-5-9-11(17-3)14-7-15-12(9)18-4/h7-8,10,13,16H,5-6H2,1-4H3. The van der Waals surface area contributed by atoms with Crippen LogP contribution in [0.25, 0.3) is 0 Å². The Labute approximate surface area is 107 Å². The maximum absolute atomic E-state index is 9.70. The Kier molecular flexibility index (Phi) is 5.80. The van der Waals surface area contributed by atoms with E-state index < -0.39 is 0 Å². The van der Waals surface area contributed by atoms with Gasteiger partial charge in [0, 0.05) is 13.1 Å². The largest absolute Gasteiger partial charge is 0.481 e. The summed E-state index contributed by atoms with van der Waals surface area (Å²) in [7, 11) is 3.10. The van der Waals surface area contributed by atoms with Crippen molar-refractivity contribution in [3.8, 4) is 11.8 Å². The number of ether oxygens (including phenoxy) is 2. The summed E-state index contributed by atoms with van der Waals surface area (Å²) in [5, 5.41) is 12.8. The van der Waals surface area contributed by atoms with Gasteiger partial charge in [-0.1, -0.05) is 13.8 Å². The zero-order chi connectivity index (χ0) is 13.5. The third-order valence-corrected chi connectivity index (χ3v) is 2.68. The fourth-order valence-electron chi connectivity index (χ4n) is 1.46. The summed E-state index contributed by atoms with van der Waals surface area (Å²) in [6, 6.07) is 0. The van der Waals surface area contributed by atoms with Crippen LogP contribution in [0.4, 0.5) is 0 Å². The van der Waals surface area contributed by atoms with Crippen LogP contribution >= 0.6 is 0 Å². The van der Waals surface area contributed by atoms with Gasteiger partial charge >= 0.3 is 0 Å².